The number of hydrogen-bond donors (Lipinski definition) is 2. The minimum absolute atomic E-state index is 0.216. The van der Waals surface area contributed by atoms with Crippen molar-refractivity contribution in [3.05, 3.63) is 22.9 Å². The van der Waals surface area contributed by atoms with Crippen molar-refractivity contribution in [2.75, 3.05) is 12.3 Å². The molecule has 1 aliphatic heterocycles. The summed E-state index contributed by atoms with van der Waals surface area (Å²) in [5.74, 6) is -0.511. The quantitative estimate of drug-likeness (QED) is 0.815. The molecule has 1 aliphatic rings. The van der Waals surface area contributed by atoms with Gasteiger partial charge in [0.2, 0.25) is 0 Å². The van der Waals surface area contributed by atoms with Gasteiger partial charge in [0.05, 0.1) is 12.1 Å². The number of aromatic carboxylic acids is 1. The molecule has 1 saturated heterocycles. The standard InChI is InChI=1S/C12H14N2O4S/c1-6-3-7(2)14-10(9(6)11(15)16)19-5-8-4-13-12(17)18-8/h3,8H,4-5H2,1-2H3,(H,13,17)(H,15,16). The lowest BCUT2D eigenvalue weighted by Gasteiger charge is -2.11. The van der Waals surface area contributed by atoms with E-state index in [9.17, 15) is 14.7 Å². The summed E-state index contributed by atoms with van der Waals surface area (Å²) in [4.78, 5) is 26.4. The zero-order valence-electron chi connectivity index (χ0n) is 10.6. The van der Waals surface area contributed by atoms with E-state index in [-0.39, 0.29) is 11.7 Å². The highest BCUT2D eigenvalue weighted by molar-refractivity contribution is 7.99. The minimum atomic E-state index is -0.992. The molecule has 6 nitrogen and oxygen atoms in total. The number of thioether (sulfide) groups is 1. The monoisotopic (exact) mass is 282 g/mol. The van der Waals surface area contributed by atoms with Crippen molar-refractivity contribution in [2.45, 2.75) is 25.0 Å². The molecule has 7 heteroatoms. The Hall–Kier alpha value is -1.76. The number of rotatable bonds is 4. The smallest absolute Gasteiger partial charge is 0.407 e. The Bertz CT molecular complexity index is 533. The third kappa shape index (κ3) is 3.17. The Morgan fingerprint density at radius 1 is 1.63 bits per heavy atom. The van der Waals surface area contributed by atoms with Crippen molar-refractivity contribution in [1.29, 1.82) is 0 Å². The van der Waals surface area contributed by atoms with Gasteiger partial charge in [0.25, 0.3) is 0 Å². The Labute approximate surface area is 114 Å². The maximum absolute atomic E-state index is 11.3. The van der Waals surface area contributed by atoms with E-state index in [0.29, 0.717) is 22.9 Å². The van der Waals surface area contributed by atoms with Gasteiger partial charge < -0.3 is 15.2 Å². The summed E-state index contributed by atoms with van der Waals surface area (Å²) in [6, 6.07) is 1.74. The molecule has 102 valence electrons. The maximum atomic E-state index is 11.3. The van der Waals surface area contributed by atoms with Crippen LogP contribution in [-0.2, 0) is 4.74 Å². The number of carbonyl (C=O) groups excluding carboxylic acids is 1. The molecule has 19 heavy (non-hydrogen) atoms. The third-order valence-corrected chi connectivity index (χ3v) is 3.79. The van der Waals surface area contributed by atoms with Gasteiger partial charge in [0, 0.05) is 11.4 Å². The van der Waals surface area contributed by atoms with E-state index in [1.165, 1.54) is 11.8 Å². The predicted octanol–water partition coefficient (Wildman–Crippen LogP) is 1.60. The number of carbonyl (C=O) groups is 2. The molecule has 1 atom stereocenters. The van der Waals surface area contributed by atoms with E-state index >= 15 is 0 Å². The van der Waals surface area contributed by atoms with Gasteiger partial charge in [-0.15, -0.1) is 11.8 Å². The van der Waals surface area contributed by atoms with Crippen LogP contribution in [0.25, 0.3) is 0 Å². The van der Waals surface area contributed by atoms with Crippen molar-refractivity contribution in [1.82, 2.24) is 10.3 Å². The van der Waals surface area contributed by atoms with Crippen molar-refractivity contribution in [2.24, 2.45) is 0 Å². The Kier molecular flexibility index (Phi) is 3.94. The number of aryl methyl sites for hydroxylation is 2. The first kappa shape index (κ1) is 13.7. The van der Waals surface area contributed by atoms with Crippen molar-refractivity contribution in [3.8, 4) is 0 Å². The summed E-state index contributed by atoms with van der Waals surface area (Å²) in [6.45, 7) is 4.01. The van der Waals surface area contributed by atoms with Gasteiger partial charge in [0.15, 0.2) is 0 Å². The number of ether oxygens (including phenoxy) is 1. The summed E-state index contributed by atoms with van der Waals surface area (Å²) in [5, 5.41) is 12.2. The molecule has 2 N–H and O–H groups in total. The lowest BCUT2D eigenvalue weighted by molar-refractivity contribution is 0.0691. The van der Waals surface area contributed by atoms with Gasteiger partial charge in [0.1, 0.15) is 11.1 Å². The lowest BCUT2D eigenvalue weighted by Crippen LogP contribution is -2.17. The van der Waals surface area contributed by atoms with Crippen LogP contribution in [0.2, 0.25) is 0 Å². The number of carboxylic acids is 1. The first-order valence-corrected chi connectivity index (χ1v) is 6.74. The second kappa shape index (κ2) is 5.48. The molecule has 1 aromatic heterocycles. The predicted molar refractivity (Wildman–Crippen MR) is 69.7 cm³/mol. The van der Waals surface area contributed by atoms with Crippen molar-refractivity contribution in [3.63, 3.8) is 0 Å². The second-order valence-electron chi connectivity index (χ2n) is 4.29. The first-order chi connectivity index (χ1) is 8.97. The molecule has 0 spiro atoms. The molecule has 0 bridgehead atoms. The van der Waals surface area contributed by atoms with Crippen LogP contribution >= 0.6 is 11.8 Å². The number of nitrogens with one attached hydrogen (secondary N) is 1. The van der Waals surface area contributed by atoms with E-state index in [4.69, 9.17) is 4.74 Å². The van der Waals surface area contributed by atoms with E-state index in [1.807, 2.05) is 6.92 Å². The number of alkyl carbamates (subject to hydrolysis) is 1. The fraction of sp³-hybridized carbons (Fsp3) is 0.417. The average molecular weight is 282 g/mol. The topological polar surface area (TPSA) is 88.5 Å². The van der Waals surface area contributed by atoms with Crippen LogP contribution in [0.4, 0.5) is 4.79 Å². The van der Waals surface area contributed by atoms with Crippen LogP contribution in [0.15, 0.2) is 11.1 Å². The molecule has 0 radical (unpaired) electrons. The Morgan fingerprint density at radius 2 is 2.37 bits per heavy atom. The molecule has 2 rings (SSSR count). The number of nitrogens with zero attached hydrogens (tertiary/aromatic N) is 1. The summed E-state index contributed by atoms with van der Waals surface area (Å²) in [5.41, 5.74) is 1.67. The van der Waals surface area contributed by atoms with E-state index in [1.54, 1.807) is 13.0 Å². The largest absolute Gasteiger partial charge is 0.478 e. The van der Waals surface area contributed by atoms with Crippen LogP contribution < -0.4 is 5.32 Å². The zero-order chi connectivity index (χ0) is 14.0. The third-order valence-electron chi connectivity index (χ3n) is 2.68. The Balaban J connectivity index is 2.15. The van der Waals surface area contributed by atoms with Crippen LogP contribution in [-0.4, -0.2) is 40.6 Å². The molecule has 0 aromatic carbocycles. The van der Waals surface area contributed by atoms with E-state index in [2.05, 4.69) is 10.3 Å². The number of cyclic esters (lactones) is 1. The highest BCUT2D eigenvalue weighted by Gasteiger charge is 2.24. The van der Waals surface area contributed by atoms with Gasteiger partial charge >= 0.3 is 12.1 Å². The number of amides is 1. The van der Waals surface area contributed by atoms with Crippen molar-refractivity contribution >= 4 is 23.8 Å². The average Bonchev–Trinajstić information content (AvgIpc) is 2.71. The highest BCUT2D eigenvalue weighted by Crippen LogP contribution is 2.25. The molecular weight excluding hydrogens is 268 g/mol. The molecule has 1 amide bonds. The molecular formula is C12H14N2O4S. The van der Waals surface area contributed by atoms with Gasteiger partial charge in [-0.3, -0.25) is 0 Å². The van der Waals surface area contributed by atoms with E-state index in [0.717, 1.165) is 5.69 Å². The van der Waals surface area contributed by atoms with Crippen LogP contribution in [0.1, 0.15) is 21.6 Å². The van der Waals surface area contributed by atoms with E-state index < -0.39 is 12.1 Å². The summed E-state index contributed by atoms with van der Waals surface area (Å²) < 4.78 is 5.00. The summed E-state index contributed by atoms with van der Waals surface area (Å²) in [7, 11) is 0. The fourth-order valence-corrected chi connectivity index (χ4v) is 2.99. The van der Waals surface area contributed by atoms with Crippen LogP contribution in [0.3, 0.4) is 0 Å². The molecule has 0 saturated carbocycles. The maximum Gasteiger partial charge on any atom is 0.407 e. The normalized spacial score (nSPS) is 18.0. The molecule has 0 aliphatic carbocycles. The molecule has 1 fully saturated rings. The summed E-state index contributed by atoms with van der Waals surface area (Å²) >= 11 is 1.29. The van der Waals surface area contributed by atoms with Gasteiger partial charge in [-0.2, -0.15) is 0 Å². The molecule has 1 aromatic rings. The SMILES string of the molecule is Cc1cc(C)c(C(=O)O)c(SCC2CNC(=O)O2)n1. The van der Waals surface area contributed by atoms with Gasteiger partial charge in [-0.25, -0.2) is 14.6 Å². The zero-order valence-corrected chi connectivity index (χ0v) is 11.4. The van der Waals surface area contributed by atoms with Gasteiger partial charge in [-0.1, -0.05) is 0 Å². The first-order valence-electron chi connectivity index (χ1n) is 5.76. The number of hydrogen-bond acceptors (Lipinski definition) is 5. The summed E-state index contributed by atoms with van der Waals surface area (Å²) in [6.07, 6.45) is -0.681. The highest BCUT2D eigenvalue weighted by atomic mass is 32.2. The fourth-order valence-electron chi connectivity index (χ4n) is 1.86. The number of carboxylic acid groups (broad SMARTS) is 1. The Morgan fingerprint density at radius 3 is 2.95 bits per heavy atom. The molecule has 2 heterocycles. The number of pyridine rings is 1. The number of aromatic nitrogens is 1. The second-order valence-corrected chi connectivity index (χ2v) is 5.29. The minimum Gasteiger partial charge on any atom is -0.478 e. The molecule has 1 unspecified atom stereocenters. The van der Waals surface area contributed by atoms with Crippen molar-refractivity contribution < 1.29 is 19.4 Å². The van der Waals surface area contributed by atoms with Crippen LogP contribution in [0.5, 0.6) is 0 Å². The lowest BCUT2D eigenvalue weighted by atomic mass is 10.1. The van der Waals surface area contributed by atoms with Crippen LogP contribution in [0, 0.1) is 13.8 Å². The van der Waals surface area contributed by atoms with Gasteiger partial charge in [-0.05, 0) is 25.5 Å².